The highest BCUT2D eigenvalue weighted by atomic mass is 16.4. The van der Waals surface area contributed by atoms with Gasteiger partial charge in [0.2, 0.25) is 0 Å². The molecule has 0 spiro atoms. The Bertz CT molecular complexity index is 489. The number of anilines is 1. The number of aromatic carboxylic acids is 1. The molecule has 3 unspecified atom stereocenters. The summed E-state index contributed by atoms with van der Waals surface area (Å²) in [4.78, 5) is 17.4. The number of fused-ring (bicyclic) bond motifs is 2. The highest BCUT2D eigenvalue weighted by molar-refractivity contribution is 5.88. The van der Waals surface area contributed by atoms with Crippen molar-refractivity contribution in [2.24, 2.45) is 17.8 Å². The van der Waals surface area contributed by atoms with Crippen molar-refractivity contribution in [3.8, 4) is 0 Å². The van der Waals surface area contributed by atoms with E-state index < -0.39 is 5.97 Å². The second kappa shape index (κ2) is 4.83. The Kier molecular flexibility index (Phi) is 3.17. The van der Waals surface area contributed by atoms with E-state index in [9.17, 15) is 4.79 Å². The summed E-state index contributed by atoms with van der Waals surface area (Å²) >= 11 is 0. The van der Waals surface area contributed by atoms with Crippen LogP contribution < -0.4 is 4.90 Å². The lowest BCUT2D eigenvalue weighted by Gasteiger charge is -2.28. The molecule has 1 aromatic heterocycles. The summed E-state index contributed by atoms with van der Waals surface area (Å²) in [6.07, 6.45) is 7.12. The van der Waals surface area contributed by atoms with Gasteiger partial charge in [0.25, 0.3) is 0 Å². The van der Waals surface area contributed by atoms with E-state index in [1.165, 1.54) is 31.7 Å². The molecule has 4 nitrogen and oxygen atoms in total. The second-order valence-electron chi connectivity index (χ2n) is 6.02. The van der Waals surface area contributed by atoms with Gasteiger partial charge in [0.15, 0.2) is 0 Å². The maximum atomic E-state index is 11.0. The molecule has 19 heavy (non-hydrogen) atoms. The van der Waals surface area contributed by atoms with Crippen LogP contribution in [0.15, 0.2) is 18.3 Å². The average molecular weight is 260 g/mol. The van der Waals surface area contributed by atoms with Gasteiger partial charge < -0.3 is 10.0 Å². The average Bonchev–Trinajstić information content (AvgIpc) is 3.01. The van der Waals surface area contributed by atoms with Crippen LogP contribution in [0.2, 0.25) is 0 Å². The summed E-state index contributed by atoms with van der Waals surface area (Å²) in [5.74, 6) is 2.47. The third-order valence-electron chi connectivity index (χ3n) is 4.78. The van der Waals surface area contributed by atoms with Crippen molar-refractivity contribution in [2.45, 2.75) is 25.7 Å². The molecule has 2 saturated carbocycles. The fourth-order valence-electron chi connectivity index (χ4n) is 3.81. The van der Waals surface area contributed by atoms with Crippen LogP contribution in [0.1, 0.15) is 36.0 Å². The lowest BCUT2D eigenvalue weighted by atomic mass is 9.88. The molecule has 1 N–H and O–H groups in total. The lowest BCUT2D eigenvalue weighted by molar-refractivity contribution is 0.0697. The number of nitrogens with zero attached hydrogens (tertiary/aromatic N) is 2. The lowest BCUT2D eigenvalue weighted by Crippen LogP contribution is -2.29. The topological polar surface area (TPSA) is 53.4 Å². The van der Waals surface area contributed by atoms with E-state index in [1.807, 2.05) is 7.05 Å². The Labute approximate surface area is 113 Å². The van der Waals surface area contributed by atoms with Crippen molar-refractivity contribution in [1.82, 2.24) is 4.98 Å². The zero-order valence-corrected chi connectivity index (χ0v) is 11.2. The summed E-state index contributed by atoms with van der Waals surface area (Å²) in [7, 11) is 2.01. The molecule has 0 radical (unpaired) electrons. The van der Waals surface area contributed by atoms with Crippen LogP contribution in [0.25, 0.3) is 0 Å². The number of hydrogen-bond acceptors (Lipinski definition) is 3. The first-order chi connectivity index (χ1) is 9.13. The predicted octanol–water partition coefficient (Wildman–Crippen LogP) is 2.65. The Balaban J connectivity index is 1.68. The van der Waals surface area contributed by atoms with Gasteiger partial charge in [0.1, 0.15) is 5.82 Å². The van der Waals surface area contributed by atoms with E-state index >= 15 is 0 Å². The minimum absolute atomic E-state index is 0.310. The van der Waals surface area contributed by atoms with E-state index in [0.717, 1.165) is 30.1 Å². The Morgan fingerprint density at radius 2 is 2.32 bits per heavy atom. The molecule has 1 aromatic rings. The Morgan fingerprint density at radius 1 is 1.47 bits per heavy atom. The predicted molar refractivity (Wildman–Crippen MR) is 73.4 cm³/mol. The molecule has 1 heterocycles. The van der Waals surface area contributed by atoms with Crippen molar-refractivity contribution < 1.29 is 9.90 Å². The molecule has 4 heteroatoms. The quantitative estimate of drug-likeness (QED) is 0.904. The number of aromatic nitrogens is 1. The molecule has 2 bridgehead atoms. The molecule has 2 aliphatic rings. The maximum Gasteiger partial charge on any atom is 0.335 e. The van der Waals surface area contributed by atoms with Gasteiger partial charge in [-0.15, -0.1) is 0 Å². The van der Waals surface area contributed by atoms with Gasteiger partial charge in [-0.3, -0.25) is 0 Å². The minimum atomic E-state index is -0.892. The summed E-state index contributed by atoms with van der Waals surface area (Å²) in [6.45, 7) is 0.997. The van der Waals surface area contributed by atoms with Crippen molar-refractivity contribution in [3.63, 3.8) is 0 Å². The van der Waals surface area contributed by atoms with Crippen molar-refractivity contribution in [3.05, 3.63) is 23.9 Å². The second-order valence-corrected chi connectivity index (χ2v) is 6.02. The summed E-state index contributed by atoms with van der Waals surface area (Å²) in [5.41, 5.74) is 0.310. The first-order valence-corrected chi connectivity index (χ1v) is 7.04. The summed E-state index contributed by atoms with van der Waals surface area (Å²) in [6, 6.07) is 3.20. The van der Waals surface area contributed by atoms with E-state index in [1.54, 1.807) is 12.3 Å². The van der Waals surface area contributed by atoms with Crippen molar-refractivity contribution in [1.29, 1.82) is 0 Å². The van der Waals surface area contributed by atoms with E-state index in [-0.39, 0.29) is 0 Å². The molecule has 3 atom stereocenters. The molecule has 0 saturated heterocycles. The van der Waals surface area contributed by atoms with Crippen LogP contribution in [0, 0.1) is 17.8 Å². The van der Waals surface area contributed by atoms with Gasteiger partial charge in [0, 0.05) is 19.8 Å². The van der Waals surface area contributed by atoms with Crippen LogP contribution >= 0.6 is 0 Å². The molecular formula is C15H20N2O2. The molecule has 102 valence electrons. The number of hydrogen-bond donors (Lipinski definition) is 1. The first-order valence-electron chi connectivity index (χ1n) is 7.04. The van der Waals surface area contributed by atoms with E-state index in [4.69, 9.17) is 5.11 Å². The number of carboxylic acids is 1. The van der Waals surface area contributed by atoms with Crippen LogP contribution in [-0.2, 0) is 0 Å². The van der Waals surface area contributed by atoms with Gasteiger partial charge in [0.05, 0.1) is 5.56 Å². The molecule has 2 fully saturated rings. The number of carboxylic acid groups (broad SMARTS) is 1. The zero-order chi connectivity index (χ0) is 13.4. The fraction of sp³-hybridized carbons (Fsp3) is 0.600. The minimum Gasteiger partial charge on any atom is -0.478 e. The number of rotatable bonds is 4. The molecule has 3 rings (SSSR count). The van der Waals surface area contributed by atoms with Crippen LogP contribution in [0.4, 0.5) is 5.82 Å². The Morgan fingerprint density at radius 3 is 2.95 bits per heavy atom. The molecule has 2 aliphatic carbocycles. The van der Waals surface area contributed by atoms with Crippen LogP contribution in [-0.4, -0.2) is 29.7 Å². The van der Waals surface area contributed by atoms with Crippen LogP contribution in [0.5, 0.6) is 0 Å². The first kappa shape index (κ1) is 12.5. The monoisotopic (exact) mass is 260 g/mol. The summed E-state index contributed by atoms with van der Waals surface area (Å²) < 4.78 is 0. The van der Waals surface area contributed by atoms with Gasteiger partial charge >= 0.3 is 5.97 Å². The van der Waals surface area contributed by atoms with Gasteiger partial charge in [-0.25, -0.2) is 9.78 Å². The summed E-state index contributed by atoms with van der Waals surface area (Å²) in [5, 5.41) is 9.01. The zero-order valence-electron chi connectivity index (χ0n) is 11.2. The highest BCUT2D eigenvalue weighted by Gasteiger charge is 2.39. The van der Waals surface area contributed by atoms with Crippen molar-refractivity contribution in [2.75, 3.05) is 18.5 Å². The molecule has 0 aliphatic heterocycles. The standard InChI is InChI=1S/C15H20N2O2/c1-17(9-13-7-10-2-3-11(13)6-10)14-8-12(15(18)19)4-5-16-14/h4-5,8,10-11,13H,2-3,6-7,9H2,1H3,(H,18,19). The largest absolute Gasteiger partial charge is 0.478 e. The molecule has 0 aromatic carbocycles. The van der Waals surface area contributed by atoms with E-state index in [2.05, 4.69) is 9.88 Å². The highest BCUT2D eigenvalue weighted by Crippen LogP contribution is 2.48. The van der Waals surface area contributed by atoms with Crippen LogP contribution in [0.3, 0.4) is 0 Å². The smallest absolute Gasteiger partial charge is 0.335 e. The fourth-order valence-corrected chi connectivity index (χ4v) is 3.81. The molecule has 0 amide bonds. The SMILES string of the molecule is CN(CC1CC2CCC1C2)c1cc(C(=O)O)ccn1. The molecular weight excluding hydrogens is 240 g/mol. The Hall–Kier alpha value is -1.58. The normalized spacial score (nSPS) is 28.6. The number of pyridine rings is 1. The van der Waals surface area contributed by atoms with Crippen molar-refractivity contribution >= 4 is 11.8 Å². The van der Waals surface area contributed by atoms with Gasteiger partial charge in [-0.05, 0) is 49.1 Å². The van der Waals surface area contributed by atoms with E-state index in [0.29, 0.717) is 5.56 Å². The number of carbonyl (C=O) groups is 1. The van der Waals surface area contributed by atoms with Gasteiger partial charge in [-0.1, -0.05) is 6.42 Å². The maximum absolute atomic E-state index is 11.0. The third kappa shape index (κ3) is 2.44. The third-order valence-corrected chi connectivity index (χ3v) is 4.78. The van der Waals surface area contributed by atoms with Gasteiger partial charge in [-0.2, -0.15) is 0 Å².